The van der Waals surface area contributed by atoms with Gasteiger partial charge in [0, 0.05) is 60.1 Å². The molecule has 0 bridgehead atoms. The summed E-state index contributed by atoms with van der Waals surface area (Å²) in [5.74, 6) is -0.551. The van der Waals surface area contributed by atoms with Gasteiger partial charge in [0.2, 0.25) is 5.91 Å². The summed E-state index contributed by atoms with van der Waals surface area (Å²) in [6, 6.07) is 7.64. The number of para-hydroxylation sites is 1. The van der Waals surface area contributed by atoms with E-state index in [0.717, 1.165) is 16.9 Å². The number of carbonyl (C=O) groups is 2. The summed E-state index contributed by atoms with van der Waals surface area (Å²) in [7, 11) is -4.12. The maximum absolute atomic E-state index is 12.4. The minimum Gasteiger partial charge on any atom is -0.390 e. The Balaban J connectivity index is 1.81. The number of amides is 1. The van der Waals surface area contributed by atoms with Crippen molar-refractivity contribution in [2.24, 2.45) is 0 Å². The van der Waals surface area contributed by atoms with Gasteiger partial charge in [-0.05, 0) is 36.3 Å². The molecule has 0 spiro atoms. The van der Waals surface area contributed by atoms with Gasteiger partial charge >= 0.3 is 8.80 Å². The van der Waals surface area contributed by atoms with Crippen molar-refractivity contribution in [3.05, 3.63) is 87.3 Å². The van der Waals surface area contributed by atoms with Gasteiger partial charge in [-0.2, -0.15) is 0 Å². The fourth-order valence-electron chi connectivity index (χ4n) is 4.19. The predicted molar refractivity (Wildman–Crippen MR) is 132 cm³/mol. The number of nitrogens with one attached hydrogen (secondary N) is 1. The number of ketones is 1. The average molecular weight is 500 g/mol. The van der Waals surface area contributed by atoms with E-state index in [1.54, 1.807) is 12.2 Å². The highest BCUT2D eigenvalue weighted by Crippen LogP contribution is 2.47. The lowest BCUT2D eigenvalue weighted by molar-refractivity contribution is -0.419. The van der Waals surface area contributed by atoms with Gasteiger partial charge < -0.3 is 24.6 Å². The van der Waals surface area contributed by atoms with Crippen molar-refractivity contribution in [2.75, 3.05) is 18.0 Å². The van der Waals surface area contributed by atoms with E-state index in [9.17, 15) is 19.7 Å². The van der Waals surface area contributed by atoms with Gasteiger partial charge in [0.25, 0.3) is 5.70 Å². The Bertz CT molecular complexity index is 1150. The Morgan fingerprint density at radius 2 is 1.91 bits per heavy atom. The normalized spacial score (nSPS) is 19.2. The van der Waals surface area contributed by atoms with Crippen molar-refractivity contribution in [1.29, 1.82) is 0 Å². The van der Waals surface area contributed by atoms with Crippen molar-refractivity contribution in [2.45, 2.75) is 38.1 Å². The van der Waals surface area contributed by atoms with Crippen LogP contribution in [0.2, 0.25) is 6.04 Å². The van der Waals surface area contributed by atoms with Gasteiger partial charge in [-0.1, -0.05) is 32.0 Å². The molecule has 0 fully saturated rings. The number of anilines is 1. The molecule has 11 heteroatoms. The molecule has 1 aliphatic carbocycles. The number of fused-ring (bicyclic) bond motifs is 1. The lowest BCUT2D eigenvalue weighted by Gasteiger charge is -2.27. The molecular weight excluding hydrogens is 470 g/mol. The first-order valence-corrected chi connectivity index (χ1v) is 13.3. The number of rotatable bonds is 9. The second kappa shape index (κ2) is 10.5. The van der Waals surface area contributed by atoms with Gasteiger partial charge in [0.15, 0.2) is 5.78 Å². The van der Waals surface area contributed by atoms with E-state index >= 15 is 0 Å². The zero-order valence-corrected chi connectivity index (χ0v) is 20.6. The van der Waals surface area contributed by atoms with Crippen molar-refractivity contribution in [1.82, 2.24) is 5.32 Å². The third-order valence-electron chi connectivity index (χ3n) is 6.00. The van der Waals surface area contributed by atoms with Crippen LogP contribution in [0.15, 0.2) is 71.6 Å². The summed E-state index contributed by atoms with van der Waals surface area (Å²) in [6.07, 6.45) is 7.35. The molecule has 10 nitrogen and oxygen atoms in total. The number of nitro groups is 1. The van der Waals surface area contributed by atoms with Crippen molar-refractivity contribution < 1.29 is 28.9 Å². The Hall–Kier alpha value is -3.38. The molecule has 4 N–H and O–H groups in total. The van der Waals surface area contributed by atoms with Gasteiger partial charge in [0.05, 0.1) is 4.92 Å². The highest BCUT2D eigenvalue weighted by molar-refractivity contribution is 6.56. The molecule has 35 heavy (non-hydrogen) atoms. The predicted octanol–water partition coefficient (Wildman–Crippen LogP) is 1.71. The van der Waals surface area contributed by atoms with E-state index in [4.69, 9.17) is 14.4 Å². The van der Waals surface area contributed by atoms with Crippen LogP contribution in [0, 0.1) is 10.1 Å². The standard InChI is InChI=1S/C24H29N3O7Si/c1-24(2)19-6-3-4-7-20(19)26(14-12-23(29)25-13-5-15-35(32,33)34)22(24)11-8-17-16-18(27(30)31)9-10-21(17)28/h3-4,6-11,16,32-34H,5,12-15H2,1-2H3,(H,25,29)/b17-8-,22-11+. The number of hydrogen-bond donors (Lipinski definition) is 4. The Morgan fingerprint density at radius 3 is 2.60 bits per heavy atom. The van der Waals surface area contributed by atoms with Crippen LogP contribution in [0.3, 0.4) is 0 Å². The van der Waals surface area contributed by atoms with Gasteiger partial charge in [-0.3, -0.25) is 19.7 Å². The second-order valence-corrected chi connectivity index (χ2v) is 11.0. The summed E-state index contributed by atoms with van der Waals surface area (Å²) in [6.45, 7) is 4.63. The summed E-state index contributed by atoms with van der Waals surface area (Å²) in [4.78, 5) is 64.4. The number of carbonyl (C=O) groups excluding carboxylic acids is 2. The molecule has 0 aromatic heterocycles. The fraction of sp³-hybridized carbons (Fsp3) is 0.333. The van der Waals surface area contributed by atoms with E-state index in [1.807, 2.05) is 43.0 Å². The van der Waals surface area contributed by atoms with Gasteiger partial charge in [0.1, 0.15) is 0 Å². The average Bonchev–Trinajstić information content (AvgIpc) is 3.00. The molecule has 0 saturated carbocycles. The zero-order valence-electron chi connectivity index (χ0n) is 19.6. The quantitative estimate of drug-likeness (QED) is 0.132. The molecule has 3 rings (SSSR count). The van der Waals surface area contributed by atoms with Crippen LogP contribution in [-0.2, 0) is 15.0 Å². The molecule has 0 atom stereocenters. The Labute approximate surface area is 204 Å². The second-order valence-electron chi connectivity index (χ2n) is 8.97. The summed E-state index contributed by atoms with van der Waals surface area (Å²) < 4.78 is 0. The molecule has 0 unspecified atom stereocenters. The third kappa shape index (κ3) is 6.39. The topological polar surface area (TPSA) is 153 Å². The van der Waals surface area contributed by atoms with E-state index < -0.39 is 19.1 Å². The molecule has 1 heterocycles. The number of benzene rings is 1. The molecule has 0 radical (unpaired) electrons. The van der Waals surface area contributed by atoms with E-state index in [0.29, 0.717) is 6.54 Å². The molecule has 2 aliphatic rings. The maximum atomic E-state index is 12.4. The number of nitrogens with zero attached hydrogens (tertiary/aromatic N) is 2. The fourth-order valence-corrected chi connectivity index (χ4v) is 4.84. The number of allylic oxidation sites excluding steroid dienone is 7. The van der Waals surface area contributed by atoms with E-state index in [2.05, 4.69) is 5.32 Å². The van der Waals surface area contributed by atoms with Crippen LogP contribution in [0.25, 0.3) is 0 Å². The molecular formula is C24H29N3O7Si. The van der Waals surface area contributed by atoms with Crippen LogP contribution in [0.4, 0.5) is 5.69 Å². The third-order valence-corrected chi connectivity index (χ3v) is 7.02. The minimum atomic E-state index is -4.12. The molecule has 1 aromatic carbocycles. The Kier molecular flexibility index (Phi) is 7.85. The summed E-state index contributed by atoms with van der Waals surface area (Å²) >= 11 is 0. The monoisotopic (exact) mass is 499 g/mol. The van der Waals surface area contributed by atoms with E-state index in [-0.39, 0.29) is 48.4 Å². The maximum Gasteiger partial charge on any atom is 0.492 e. The first kappa shape index (κ1) is 26.2. The van der Waals surface area contributed by atoms with Crippen molar-refractivity contribution in [3.63, 3.8) is 0 Å². The molecule has 186 valence electrons. The minimum absolute atomic E-state index is 0.150. The lowest BCUT2D eigenvalue weighted by Crippen LogP contribution is -2.36. The summed E-state index contributed by atoms with van der Waals surface area (Å²) in [5.41, 5.74) is 2.42. The van der Waals surface area contributed by atoms with Crippen molar-refractivity contribution >= 4 is 26.2 Å². The highest BCUT2D eigenvalue weighted by atomic mass is 28.4. The smallest absolute Gasteiger partial charge is 0.390 e. The van der Waals surface area contributed by atoms with Crippen LogP contribution in [-0.4, -0.2) is 52.9 Å². The first-order chi connectivity index (χ1) is 16.4. The van der Waals surface area contributed by atoms with E-state index in [1.165, 1.54) is 18.2 Å². The summed E-state index contributed by atoms with van der Waals surface area (Å²) in [5, 5.41) is 13.8. The van der Waals surface area contributed by atoms with Crippen LogP contribution >= 0.6 is 0 Å². The molecule has 0 saturated heterocycles. The number of hydrogen-bond acceptors (Lipinski definition) is 8. The SMILES string of the molecule is CC1(C)/C(=C\C=C2\C=C([N+](=O)[O-])C=CC2=O)N(CCC(=O)NCCC[Si](O)(O)O)c2ccccc21. The lowest BCUT2D eigenvalue weighted by atomic mass is 9.83. The molecule has 1 aliphatic heterocycles. The zero-order chi connectivity index (χ0) is 25.8. The van der Waals surface area contributed by atoms with Crippen molar-refractivity contribution in [3.8, 4) is 0 Å². The molecule has 1 amide bonds. The van der Waals surface area contributed by atoms with Crippen LogP contribution in [0.1, 0.15) is 32.3 Å². The van der Waals surface area contributed by atoms with Gasteiger partial charge in [-0.15, -0.1) is 0 Å². The Morgan fingerprint density at radius 1 is 1.20 bits per heavy atom. The van der Waals surface area contributed by atoms with Crippen LogP contribution in [0.5, 0.6) is 0 Å². The molecule has 1 aromatic rings. The highest BCUT2D eigenvalue weighted by Gasteiger charge is 2.39. The largest absolute Gasteiger partial charge is 0.492 e. The van der Waals surface area contributed by atoms with Gasteiger partial charge in [-0.25, -0.2) is 0 Å². The first-order valence-electron chi connectivity index (χ1n) is 11.2. The van der Waals surface area contributed by atoms with Crippen LogP contribution < -0.4 is 10.2 Å².